The fourth-order valence-corrected chi connectivity index (χ4v) is 4.89. The molecule has 4 rings (SSSR count). The van der Waals surface area contributed by atoms with Crippen LogP contribution in [0.4, 0.5) is 5.69 Å². The zero-order valence-electron chi connectivity index (χ0n) is 19.7. The summed E-state index contributed by atoms with van der Waals surface area (Å²) < 4.78 is 12.7. The molecule has 0 bridgehead atoms. The minimum Gasteiger partial charge on any atom is -0.490 e. The predicted molar refractivity (Wildman–Crippen MR) is 141 cm³/mol. The van der Waals surface area contributed by atoms with E-state index in [0.717, 1.165) is 9.13 Å². The number of halogens is 1. The van der Waals surface area contributed by atoms with Crippen LogP contribution in [0.25, 0.3) is 0 Å². The van der Waals surface area contributed by atoms with E-state index < -0.39 is 10.8 Å². The number of ether oxygens (including phenoxy) is 2. The van der Waals surface area contributed by atoms with E-state index in [0.29, 0.717) is 46.2 Å². The van der Waals surface area contributed by atoms with E-state index in [4.69, 9.17) is 9.47 Å². The lowest BCUT2D eigenvalue weighted by Crippen LogP contribution is -2.20. The van der Waals surface area contributed by atoms with Crippen molar-refractivity contribution in [2.45, 2.75) is 33.3 Å². The van der Waals surface area contributed by atoms with Crippen LogP contribution in [0.1, 0.15) is 46.5 Å². The fraction of sp³-hybridized carbons (Fsp3) is 0.250. The fourth-order valence-electron chi connectivity index (χ4n) is 4.11. The standard InChI is InChI=1S/C24H24IN5O6/c1-4-35-18-10-15(9-17(25)22(18)36-11-14-5-7-16(8-6-14)30(33)34)21(19-12(2)26-28-23(19)31)20-13(3)27-29-24(20)32/h5-10,21H,4,11H2,1-3H3,(H2,26,28,31)(H2,27,29,32). The van der Waals surface area contributed by atoms with Crippen molar-refractivity contribution >= 4 is 28.3 Å². The molecule has 2 aromatic carbocycles. The number of hydrogen-bond acceptors (Lipinski definition) is 6. The molecule has 0 radical (unpaired) electrons. The summed E-state index contributed by atoms with van der Waals surface area (Å²) in [4.78, 5) is 36.0. The first-order valence-electron chi connectivity index (χ1n) is 11.1. The molecule has 12 heteroatoms. The lowest BCUT2D eigenvalue weighted by atomic mass is 9.85. The molecule has 0 aliphatic rings. The van der Waals surface area contributed by atoms with Gasteiger partial charge in [0.15, 0.2) is 11.5 Å². The molecule has 4 aromatic rings. The largest absolute Gasteiger partial charge is 0.490 e. The Balaban J connectivity index is 1.77. The van der Waals surface area contributed by atoms with Gasteiger partial charge in [-0.15, -0.1) is 0 Å². The van der Waals surface area contributed by atoms with E-state index in [-0.39, 0.29) is 23.4 Å². The summed E-state index contributed by atoms with van der Waals surface area (Å²) in [5, 5.41) is 21.8. The molecule has 4 N–H and O–H groups in total. The normalized spacial score (nSPS) is 11.1. The monoisotopic (exact) mass is 605 g/mol. The van der Waals surface area contributed by atoms with E-state index in [1.54, 1.807) is 32.0 Å². The lowest BCUT2D eigenvalue weighted by molar-refractivity contribution is -0.384. The van der Waals surface area contributed by atoms with Gasteiger partial charge in [-0.2, -0.15) is 0 Å². The van der Waals surface area contributed by atoms with Crippen LogP contribution in [0.3, 0.4) is 0 Å². The van der Waals surface area contributed by atoms with Crippen LogP contribution in [-0.4, -0.2) is 31.9 Å². The number of nitrogens with zero attached hydrogens (tertiary/aromatic N) is 1. The molecule has 0 saturated carbocycles. The molecule has 2 aromatic heterocycles. The van der Waals surface area contributed by atoms with Crippen molar-refractivity contribution in [1.82, 2.24) is 20.4 Å². The van der Waals surface area contributed by atoms with Gasteiger partial charge < -0.3 is 19.7 Å². The SMILES string of the molecule is CCOc1cc(C(c2c(C)[nH][nH]c2=O)c2c(C)[nH][nH]c2=O)cc(I)c1OCc1ccc([N+](=O)[O-])cc1. The van der Waals surface area contributed by atoms with Gasteiger partial charge in [0.2, 0.25) is 0 Å². The summed E-state index contributed by atoms with van der Waals surface area (Å²) in [5.74, 6) is 0.296. The van der Waals surface area contributed by atoms with E-state index >= 15 is 0 Å². The average molecular weight is 605 g/mol. The quantitative estimate of drug-likeness (QED) is 0.128. The van der Waals surface area contributed by atoms with Gasteiger partial charge in [-0.3, -0.25) is 29.9 Å². The number of rotatable bonds is 9. The van der Waals surface area contributed by atoms with E-state index in [9.17, 15) is 19.7 Å². The number of nitro benzene ring substituents is 1. The average Bonchev–Trinajstić information content (AvgIpc) is 3.35. The molecule has 0 saturated heterocycles. The molecule has 0 unspecified atom stereocenters. The number of nitrogens with one attached hydrogen (secondary N) is 4. The van der Waals surface area contributed by atoms with Gasteiger partial charge in [-0.05, 0) is 78.8 Å². The second-order valence-corrected chi connectivity index (χ2v) is 9.31. The van der Waals surface area contributed by atoms with Crippen LogP contribution < -0.4 is 20.6 Å². The Kier molecular flexibility index (Phi) is 7.33. The highest BCUT2D eigenvalue weighted by Gasteiger charge is 2.29. The topological polar surface area (TPSA) is 159 Å². The van der Waals surface area contributed by atoms with Crippen molar-refractivity contribution in [2.75, 3.05) is 6.61 Å². The summed E-state index contributed by atoms with van der Waals surface area (Å²) in [5.41, 5.74) is 2.92. The Morgan fingerprint density at radius 2 is 1.53 bits per heavy atom. The molecule has 2 heterocycles. The van der Waals surface area contributed by atoms with E-state index in [1.165, 1.54) is 12.1 Å². The second kappa shape index (κ2) is 10.4. The summed E-state index contributed by atoms with van der Waals surface area (Å²) in [7, 11) is 0. The maximum atomic E-state index is 12.8. The molecular weight excluding hydrogens is 581 g/mol. The van der Waals surface area contributed by atoms with Gasteiger partial charge in [0.05, 0.1) is 26.2 Å². The summed E-state index contributed by atoms with van der Waals surface area (Å²) in [6, 6.07) is 9.76. The third-order valence-electron chi connectivity index (χ3n) is 5.80. The van der Waals surface area contributed by atoms with Crippen LogP contribution in [-0.2, 0) is 6.61 Å². The number of benzene rings is 2. The number of aromatic amines is 4. The Bertz CT molecular complexity index is 1460. The van der Waals surface area contributed by atoms with Crippen molar-refractivity contribution in [2.24, 2.45) is 0 Å². The summed E-state index contributed by atoms with van der Waals surface area (Å²) in [6.07, 6.45) is 0. The minimum atomic E-state index is -0.661. The smallest absolute Gasteiger partial charge is 0.269 e. The zero-order valence-corrected chi connectivity index (χ0v) is 21.9. The van der Waals surface area contributed by atoms with Gasteiger partial charge in [0.1, 0.15) is 6.61 Å². The summed E-state index contributed by atoms with van der Waals surface area (Å²) >= 11 is 2.13. The van der Waals surface area contributed by atoms with Gasteiger partial charge in [0.25, 0.3) is 16.8 Å². The Morgan fingerprint density at radius 3 is 2.00 bits per heavy atom. The van der Waals surface area contributed by atoms with Crippen LogP contribution in [0.2, 0.25) is 0 Å². The Morgan fingerprint density at radius 1 is 0.944 bits per heavy atom. The van der Waals surface area contributed by atoms with Crippen molar-refractivity contribution in [1.29, 1.82) is 0 Å². The van der Waals surface area contributed by atoms with Crippen LogP contribution in [0.15, 0.2) is 46.0 Å². The van der Waals surface area contributed by atoms with Gasteiger partial charge in [0, 0.05) is 29.4 Å². The first kappa shape index (κ1) is 25.3. The molecular formula is C24H24IN5O6. The third kappa shape index (κ3) is 4.94. The number of H-pyrrole nitrogens is 4. The molecule has 0 atom stereocenters. The first-order valence-corrected chi connectivity index (χ1v) is 12.2. The highest BCUT2D eigenvalue weighted by molar-refractivity contribution is 14.1. The van der Waals surface area contributed by atoms with Gasteiger partial charge in [-0.25, -0.2) is 0 Å². The number of aryl methyl sites for hydroxylation is 2. The molecule has 0 spiro atoms. The Labute approximate surface area is 218 Å². The number of nitro groups is 1. The first-order chi connectivity index (χ1) is 17.2. The van der Waals surface area contributed by atoms with Gasteiger partial charge >= 0.3 is 0 Å². The predicted octanol–water partition coefficient (Wildman–Crippen LogP) is 4.01. The highest BCUT2D eigenvalue weighted by atomic mass is 127. The molecule has 36 heavy (non-hydrogen) atoms. The molecule has 0 amide bonds. The third-order valence-corrected chi connectivity index (χ3v) is 6.60. The second-order valence-electron chi connectivity index (χ2n) is 8.14. The lowest BCUT2D eigenvalue weighted by Gasteiger charge is -2.20. The van der Waals surface area contributed by atoms with E-state index in [1.807, 2.05) is 13.0 Å². The maximum absolute atomic E-state index is 12.8. The van der Waals surface area contributed by atoms with Crippen LogP contribution in [0.5, 0.6) is 11.5 Å². The van der Waals surface area contributed by atoms with Crippen molar-refractivity contribution < 1.29 is 14.4 Å². The van der Waals surface area contributed by atoms with Gasteiger partial charge in [-0.1, -0.05) is 0 Å². The molecule has 188 valence electrons. The minimum absolute atomic E-state index is 0.00352. The van der Waals surface area contributed by atoms with Crippen molar-refractivity contribution in [3.8, 4) is 11.5 Å². The highest BCUT2D eigenvalue weighted by Crippen LogP contribution is 2.40. The zero-order chi connectivity index (χ0) is 26.0. The molecule has 0 aliphatic heterocycles. The maximum Gasteiger partial charge on any atom is 0.269 e. The summed E-state index contributed by atoms with van der Waals surface area (Å²) in [6.45, 7) is 5.92. The number of hydrogen-bond donors (Lipinski definition) is 4. The molecule has 11 nitrogen and oxygen atoms in total. The van der Waals surface area contributed by atoms with Crippen molar-refractivity contribution in [3.63, 3.8) is 0 Å². The van der Waals surface area contributed by atoms with Crippen LogP contribution >= 0.6 is 22.6 Å². The van der Waals surface area contributed by atoms with E-state index in [2.05, 4.69) is 43.0 Å². The van der Waals surface area contributed by atoms with Crippen LogP contribution in [0, 0.1) is 27.5 Å². The number of aromatic nitrogens is 4. The molecule has 0 aliphatic carbocycles. The number of non-ortho nitro benzene ring substituents is 1. The molecule has 0 fully saturated rings. The Hall–Kier alpha value is -3.81. The van der Waals surface area contributed by atoms with Crippen molar-refractivity contribution in [3.05, 3.63) is 104 Å².